The van der Waals surface area contributed by atoms with Gasteiger partial charge in [-0.3, -0.25) is 0 Å². The molecule has 0 bridgehead atoms. The summed E-state index contributed by atoms with van der Waals surface area (Å²) in [4.78, 5) is 0.231. The predicted octanol–water partition coefficient (Wildman–Crippen LogP) is 5.06. The number of aromatic hydroxyl groups is 1. The molecule has 27 heavy (non-hydrogen) atoms. The Balaban J connectivity index is 1.99. The van der Waals surface area contributed by atoms with Gasteiger partial charge in [0.2, 0.25) is 10.0 Å². The van der Waals surface area contributed by atoms with Crippen molar-refractivity contribution in [3.8, 4) is 5.75 Å². The first-order valence-electron chi connectivity index (χ1n) is 9.22. The summed E-state index contributed by atoms with van der Waals surface area (Å²) in [5.41, 5.74) is 1.61. The minimum atomic E-state index is -3.69. The lowest BCUT2D eigenvalue weighted by Gasteiger charge is -2.21. The van der Waals surface area contributed by atoms with Crippen molar-refractivity contribution in [2.45, 2.75) is 44.0 Å². The Kier molecular flexibility index (Phi) is 5.82. The van der Waals surface area contributed by atoms with Crippen LogP contribution < -0.4 is 4.72 Å². The zero-order valence-corrected chi connectivity index (χ0v) is 16.5. The van der Waals surface area contributed by atoms with Gasteiger partial charge in [-0.2, -0.15) is 0 Å². The monoisotopic (exact) mass is 383 g/mol. The summed E-state index contributed by atoms with van der Waals surface area (Å²) < 4.78 is 28.5. The minimum absolute atomic E-state index is 0.140. The molecule has 1 atom stereocenters. The number of rotatable bonds is 7. The SMILES string of the molecule is CCCC[C@H](NS(=O)(=O)c1ccc(C)cc1)c1ccc2ccccc2c1O. The van der Waals surface area contributed by atoms with Crippen LogP contribution in [0.3, 0.4) is 0 Å². The van der Waals surface area contributed by atoms with Gasteiger partial charge in [-0.05, 0) is 30.9 Å². The van der Waals surface area contributed by atoms with E-state index >= 15 is 0 Å². The van der Waals surface area contributed by atoms with E-state index in [9.17, 15) is 13.5 Å². The highest BCUT2D eigenvalue weighted by atomic mass is 32.2. The smallest absolute Gasteiger partial charge is 0.241 e. The number of hydrogen-bond donors (Lipinski definition) is 2. The average Bonchev–Trinajstić information content (AvgIpc) is 2.66. The second-order valence-corrected chi connectivity index (χ2v) is 8.57. The number of unbranched alkanes of at least 4 members (excludes halogenated alkanes) is 1. The number of hydrogen-bond acceptors (Lipinski definition) is 3. The van der Waals surface area contributed by atoms with Crippen LogP contribution >= 0.6 is 0 Å². The van der Waals surface area contributed by atoms with Crippen molar-refractivity contribution in [2.24, 2.45) is 0 Å². The summed E-state index contributed by atoms with van der Waals surface area (Å²) in [5.74, 6) is 0.140. The van der Waals surface area contributed by atoms with Crippen molar-refractivity contribution in [3.63, 3.8) is 0 Å². The van der Waals surface area contributed by atoms with Crippen LogP contribution in [0.2, 0.25) is 0 Å². The van der Waals surface area contributed by atoms with Gasteiger partial charge in [0.25, 0.3) is 0 Å². The normalized spacial score (nSPS) is 13.0. The van der Waals surface area contributed by atoms with Crippen molar-refractivity contribution in [3.05, 3.63) is 71.8 Å². The van der Waals surface area contributed by atoms with Crippen LogP contribution in [0, 0.1) is 6.92 Å². The van der Waals surface area contributed by atoms with Crippen LogP contribution in [-0.2, 0) is 10.0 Å². The number of phenolic OH excluding ortho intramolecular Hbond substituents is 1. The van der Waals surface area contributed by atoms with Gasteiger partial charge in [-0.15, -0.1) is 0 Å². The Morgan fingerprint density at radius 2 is 1.70 bits per heavy atom. The summed E-state index contributed by atoms with van der Waals surface area (Å²) in [5, 5.41) is 12.4. The molecule has 0 unspecified atom stereocenters. The highest BCUT2D eigenvalue weighted by Crippen LogP contribution is 2.35. The van der Waals surface area contributed by atoms with Crippen LogP contribution in [0.15, 0.2) is 65.6 Å². The second-order valence-electron chi connectivity index (χ2n) is 6.85. The van der Waals surface area contributed by atoms with E-state index in [0.717, 1.165) is 29.2 Å². The van der Waals surface area contributed by atoms with Crippen LogP contribution in [0.5, 0.6) is 5.75 Å². The summed E-state index contributed by atoms with van der Waals surface area (Å²) in [6.45, 7) is 3.98. The van der Waals surface area contributed by atoms with Gasteiger partial charge in [-0.1, -0.05) is 73.9 Å². The molecule has 0 spiro atoms. The second kappa shape index (κ2) is 8.11. The third-order valence-electron chi connectivity index (χ3n) is 4.78. The van der Waals surface area contributed by atoms with E-state index in [2.05, 4.69) is 11.6 Å². The lowest BCUT2D eigenvalue weighted by Crippen LogP contribution is -2.28. The maximum Gasteiger partial charge on any atom is 0.241 e. The summed E-state index contributed by atoms with van der Waals surface area (Å²) in [7, 11) is -3.69. The van der Waals surface area contributed by atoms with E-state index in [1.807, 2.05) is 43.3 Å². The highest BCUT2D eigenvalue weighted by molar-refractivity contribution is 7.89. The summed E-state index contributed by atoms with van der Waals surface area (Å²) >= 11 is 0. The van der Waals surface area contributed by atoms with Crippen LogP contribution in [0.1, 0.15) is 43.4 Å². The molecule has 0 aromatic heterocycles. The lowest BCUT2D eigenvalue weighted by molar-refractivity contribution is 0.454. The zero-order chi connectivity index (χ0) is 19.4. The number of sulfonamides is 1. The maximum absolute atomic E-state index is 12.9. The molecule has 0 amide bonds. The van der Waals surface area contributed by atoms with Crippen molar-refractivity contribution >= 4 is 20.8 Å². The molecule has 0 aliphatic heterocycles. The number of aryl methyl sites for hydroxylation is 1. The fourth-order valence-electron chi connectivity index (χ4n) is 3.21. The van der Waals surface area contributed by atoms with Gasteiger partial charge in [0.1, 0.15) is 5.75 Å². The molecule has 3 aromatic rings. The van der Waals surface area contributed by atoms with Crippen LogP contribution in [-0.4, -0.2) is 13.5 Å². The van der Waals surface area contributed by atoms with E-state index in [1.54, 1.807) is 24.3 Å². The number of phenols is 1. The molecule has 0 aliphatic rings. The quantitative estimate of drug-likeness (QED) is 0.599. The molecule has 0 saturated carbocycles. The van der Waals surface area contributed by atoms with Crippen LogP contribution in [0.4, 0.5) is 0 Å². The number of nitrogens with one attached hydrogen (secondary N) is 1. The van der Waals surface area contributed by atoms with E-state index < -0.39 is 16.1 Å². The van der Waals surface area contributed by atoms with Gasteiger partial charge in [0, 0.05) is 10.9 Å². The first kappa shape index (κ1) is 19.4. The van der Waals surface area contributed by atoms with Crippen molar-refractivity contribution in [1.82, 2.24) is 4.72 Å². The molecule has 5 heteroatoms. The van der Waals surface area contributed by atoms with E-state index in [4.69, 9.17) is 0 Å². The third-order valence-corrected chi connectivity index (χ3v) is 6.27. The number of fused-ring (bicyclic) bond motifs is 1. The Hall–Kier alpha value is -2.37. The Morgan fingerprint density at radius 3 is 2.41 bits per heavy atom. The molecule has 0 saturated heterocycles. The van der Waals surface area contributed by atoms with E-state index in [0.29, 0.717) is 12.0 Å². The molecule has 0 radical (unpaired) electrons. The highest BCUT2D eigenvalue weighted by Gasteiger charge is 2.24. The van der Waals surface area contributed by atoms with Crippen molar-refractivity contribution < 1.29 is 13.5 Å². The fraction of sp³-hybridized carbons (Fsp3) is 0.273. The molecule has 0 fully saturated rings. The molecule has 0 heterocycles. The first-order valence-corrected chi connectivity index (χ1v) is 10.7. The molecule has 3 aromatic carbocycles. The van der Waals surface area contributed by atoms with Gasteiger partial charge in [0.05, 0.1) is 10.9 Å². The Labute approximate surface area is 160 Å². The van der Waals surface area contributed by atoms with Gasteiger partial charge in [-0.25, -0.2) is 13.1 Å². The molecule has 142 valence electrons. The van der Waals surface area contributed by atoms with Gasteiger partial charge < -0.3 is 5.11 Å². The van der Waals surface area contributed by atoms with Crippen molar-refractivity contribution in [2.75, 3.05) is 0 Å². The molecular weight excluding hydrogens is 358 g/mol. The Bertz CT molecular complexity index is 1030. The van der Waals surface area contributed by atoms with Crippen LogP contribution in [0.25, 0.3) is 10.8 Å². The van der Waals surface area contributed by atoms with E-state index in [1.165, 1.54) is 0 Å². The molecule has 0 aliphatic carbocycles. The zero-order valence-electron chi connectivity index (χ0n) is 15.6. The van der Waals surface area contributed by atoms with E-state index in [-0.39, 0.29) is 10.6 Å². The largest absolute Gasteiger partial charge is 0.507 e. The molecule has 4 nitrogen and oxygen atoms in total. The Morgan fingerprint density at radius 1 is 1.00 bits per heavy atom. The summed E-state index contributed by atoms with van der Waals surface area (Å²) in [6.07, 6.45) is 2.41. The third kappa shape index (κ3) is 4.31. The fourth-order valence-corrected chi connectivity index (χ4v) is 4.46. The minimum Gasteiger partial charge on any atom is -0.507 e. The predicted molar refractivity (Wildman–Crippen MR) is 109 cm³/mol. The first-order chi connectivity index (χ1) is 12.9. The van der Waals surface area contributed by atoms with Gasteiger partial charge >= 0.3 is 0 Å². The summed E-state index contributed by atoms with van der Waals surface area (Å²) in [6, 6.07) is 17.6. The van der Waals surface area contributed by atoms with Gasteiger partial charge in [0.15, 0.2) is 0 Å². The molecule has 3 rings (SSSR count). The number of benzene rings is 3. The topological polar surface area (TPSA) is 66.4 Å². The molecule has 2 N–H and O–H groups in total. The van der Waals surface area contributed by atoms with Crippen molar-refractivity contribution in [1.29, 1.82) is 0 Å². The molecular formula is C22H25NO3S. The maximum atomic E-state index is 12.9. The lowest BCUT2D eigenvalue weighted by atomic mass is 9.97. The standard InChI is InChI=1S/C22H25NO3S/c1-3-4-9-21(23-27(25,26)18-13-10-16(2)11-14-18)20-15-12-17-7-5-6-8-19(17)22(20)24/h5-8,10-15,21,23-24H,3-4,9H2,1-2H3/t21-/m0/s1. The average molecular weight is 384 g/mol.